The fraction of sp³-hybridized carbons (Fsp3) is 0.364. The van der Waals surface area contributed by atoms with Crippen molar-refractivity contribution in [3.8, 4) is 0 Å². The van der Waals surface area contributed by atoms with Gasteiger partial charge in [0.1, 0.15) is 6.54 Å². The van der Waals surface area contributed by atoms with Gasteiger partial charge in [-0.3, -0.25) is 9.36 Å². The summed E-state index contributed by atoms with van der Waals surface area (Å²) in [5, 5.41) is 9.38. The van der Waals surface area contributed by atoms with Gasteiger partial charge in [0.15, 0.2) is 0 Å². The number of hydrogen-bond donors (Lipinski definition) is 1. The van der Waals surface area contributed by atoms with Crippen molar-refractivity contribution in [3.05, 3.63) is 30.3 Å². The zero-order chi connectivity index (χ0) is 12.3. The summed E-state index contributed by atoms with van der Waals surface area (Å²) in [4.78, 5) is 10.8. The van der Waals surface area contributed by atoms with E-state index in [4.69, 9.17) is 9.63 Å². The molecule has 0 aromatic heterocycles. The van der Waals surface area contributed by atoms with E-state index in [2.05, 4.69) is 0 Å². The summed E-state index contributed by atoms with van der Waals surface area (Å²) in [6.45, 7) is 0.632. The molecule has 1 aromatic carbocycles. The lowest BCUT2D eigenvalue weighted by molar-refractivity contribution is -0.137. The van der Waals surface area contributed by atoms with E-state index in [9.17, 15) is 9.36 Å². The van der Waals surface area contributed by atoms with Gasteiger partial charge in [-0.2, -0.15) is 0 Å². The van der Waals surface area contributed by atoms with Crippen LogP contribution in [0.15, 0.2) is 30.3 Å². The minimum Gasteiger partial charge on any atom is -0.480 e. The van der Waals surface area contributed by atoms with Crippen LogP contribution in [0.4, 0.5) is 0 Å². The molecular weight excluding hydrogens is 241 g/mol. The van der Waals surface area contributed by atoms with Crippen molar-refractivity contribution in [2.45, 2.75) is 6.42 Å². The van der Waals surface area contributed by atoms with Crippen LogP contribution in [0.25, 0.3) is 0 Å². The highest BCUT2D eigenvalue weighted by molar-refractivity contribution is 7.64. The van der Waals surface area contributed by atoms with Crippen molar-refractivity contribution in [2.24, 2.45) is 0 Å². The first-order valence-electron chi connectivity index (χ1n) is 5.40. The Balaban J connectivity index is 2.31. The van der Waals surface area contributed by atoms with E-state index in [-0.39, 0.29) is 6.54 Å². The van der Waals surface area contributed by atoms with Gasteiger partial charge in [0.25, 0.3) is 0 Å². The molecule has 0 aliphatic carbocycles. The number of carboxylic acids is 1. The number of carboxylic acid groups (broad SMARTS) is 1. The Bertz CT molecular complexity index is 448. The second-order valence-electron chi connectivity index (χ2n) is 3.82. The van der Waals surface area contributed by atoms with Crippen LogP contribution in [0.1, 0.15) is 6.42 Å². The first kappa shape index (κ1) is 12.3. The Morgan fingerprint density at radius 2 is 2.12 bits per heavy atom. The molecule has 92 valence electrons. The van der Waals surface area contributed by atoms with Crippen molar-refractivity contribution in [1.82, 2.24) is 4.67 Å². The molecule has 6 heteroatoms. The van der Waals surface area contributed by atoms with Gasteiger partial charge in [0, 0.05) is 6.54 Å². The summed E-state index contributed by atoms with van der Waals surface area (Å²) in [7, 11) is -3.18. The number of nitrogens with zero attached hydrogens (tertiary/aromatic N) is 1. The van der Waals surface area contributed by atoms with Gasteiger partial charge in [-0.15, -0.1) is 0 Å². The Morgan fingerprint density at radius 3 is 2.76 bits per heavy atom. The van der Waals surface area contributed by atoms with E-state index >= 15 is 0 Å². The molecule has 0 amide bonds. The first-order chi connectivity index (χ1) is 8.13. The molecule has 1 saturated heterocycles. The molecule has 17 heavy (non-hydrogen) atoms. The van der Waals surface area contributed by atoms with Gasteiger partial charge in [-0.25, -0.2) is 4.67 Å². The van der Waals surface area contributed by atoms with Crippen molar-refractivity contribution < 1.29 is 19.0 Å². The van der Waals surface area contributed by atoms with Crippen LogP contribution < -0.4 is 5.30 Å². The largest absolute Gasteiger partial charge is 0.480 e. The lowest BCUT2D eigenvalue weighted by atomic mass is 10.4. The minimum absolute atomic E-state index is 0.258. The summed E-state index contributed by atoms with van der Waals surface area (Å²) in [6, 6.07) is 8.78. The normalized spacial score (nSPS) is 25.6. The van der Waals surface area contributed by atoms with E-state index in [1.165, 1.54) is 4.67 Å². The van der Waals surface area contributed by atoms with Gasteiger partial charge in [-0.1, -0.05) is 18.2 Å². The molecule has 5 nitrogen and oxygen atoms in total. The average molecular weight is 255 g/mol. The lowest BCUT2D eigenvalue weighted by Gasteiger charge is -2.33. The van der Waals surface area contributed by atoms with E-state index in [0.29, 0.717) is 24.9 Å². The quantitative estimate of drug-likeness (QED) is 0.825. The van der Waals surface area contributed by atoms with Gasteiger partial charge in [0.05, 0.1) is 11.9 Å². The molecule has 1 atom stereocenters. The Labute approximate surface area is 99.5 Å². The summed E-state index contributed by atoms with van der Waals surface area (Å²) < 4.78 is 19.5. The number of benzene rings is 1. The first-order valence-corrected chi connectivity index (χ1v) is 6.98. The Kier molecular flexibility index (Phi) is 3.62. The van der Waals surface area contributed by atoms with Crippen LogP contribution in [-0.4, -0.2) is 35.4 Å². The van der Waals surface area contributed by atoms with E-state index in [1.807, 2.05) is 6.07 Å². The molecule has 0 radical (unpaired) electrons. The summed E-state index contributed by atoms with van der Waals surface area (Å²) in [5.74, 6) is -0.994. The fourth-order valence-electron chi connectivity index (χ4n) is 1.83. The van der Waals surface area contributed by atoms with Gasteiger partial charge < -0.3 is 9.63 Å². The van der Waals surface area contributed by atoms with Gasteiger partial charge in [0.2, 0.25) is 0 Å². The Morgan fingerprint density at radius 1 is 1.41 bits per heavy atom. The molecule has 1 heterocycles. The molecule has 1 aromatic rings. The van der Waals surface area contributed by atoms with Crippen LogP contribution in [0.2, 0.25) is 0 Å². The maximum absolute atomic E-state index is 12.7. The third-order valence-corrected chi connectivity index (χ3v) is 5.17. The van der Waals surface area contributed by atoms with Crippen molar-refractivity contribution in [1.29, 1.82) is 0 Å². The smallest absolute Gasteiger partial charge is 0.318 e. The summed E-state index contributed by atoms with van der Waals surface area (Å²) in [6.07, 6.45) is 0.699. The van der Waals surface area contributed by atoms with E-state index in [0.717, 1.165) is 0 Å². The number of carbonyl (C=O) groups is 1. The maximum Gasteiger partial charge on any atom is 0.318 e. The van der Waals surface area contributed by atoms with E-state index < -0.39 is 13.5 Å². The third kappa shape index (κ3) is 2.57. The highest BCUT2D eigenvalue weighted by Crippen LogP contribution is 2.51. The SMILES string of the molecule is O=C(O)CN1CCCOP1(=O)c1ccccc1. The summed E-state index contributed by atoms with van der Waals surface area (Å²) in [5.41, 5.74) is 0. The minimum atomic E-state index is -3.18. The van der Waals surface area contributed by atoms with Crippen LogP contribution in [0.3, 0.4) is 0 Å². The second kappa shape index (κ2) is 5.00. The average Bonchev–Trinajstić information content (AvgIpc) is 2.33. The standard InChI is InChI=1S/C11H14NO4P/c13-11(14)9-12-7-4-8-16-17(12,15)10-5-2-1-3-6-10/h1-3,5-6H,4,7-9H2,(H,13,14). The van der Waals surface area contributed by atoms with Crippen molar-refractivity contribution in [2.75, 3.05) is 19.7 Å². The predicted molar refractivity (Wildman–Crippen MR) is 63.5 cm³/mol. The topological polar surface area (TPSA) is 66.8 Å². The van der Waals surface area contributed by atoms with Gasteiger partial charge in [-0.05, 0) is 18.6 Å². The van der Waals surface area contributed by atoms with Crippen LogP contribution in [0.5, 0.6) is 0 Å². The van der Waals surface area contributed by atoms with Crippen LogP contribution in [0, 0.1) is 0 Å². The number of rotatable bonds is 3. The van der Waals surface area contributed by atoms with Crippen molar-refractivity contribution in [3.63, 3.8) is 0 Å². The molecule has 0 spiro atoms. The maximum atomic E-state index is 12.7. The molecule has 1 aliphatic rings. The molecule has 1 N–H and O–H groups in total. The van der Waals surface area contributed by atoms with Crippen LogP contribution in [-0.2, 0) is 13.9 Å². The molecule has 2 rings (SSSR count). The molecule has 1 aliphatic heterocycles. The molecule has 1 unspecified atom stereocenters. The highest BCUT2D eigenvalue weighted by atomic mass is 31.2. The second-order valence-corrected chi connectivity index (χ2v) is 6.21. The fourth-order valence-corrected chi connectivity index (χ4v) is 4.11. The monoisotopic (exact) mass is 255 g/mol. The van der Waals surface area contributed by atoms with Gasteiger partial charge >= 0.3 is 13.5 Å². The molecule has 0 saturated carbocycles. The Hall–Kier alpha value is -1.16. The van der Waals surface area contributed by atoms with Crippen LogP contribution >= 0.6 is 7.52 Å². The zero-order valence-electron chi connectivity index (χ0n) is 9.28. The molecule has 1 fully saturated rings. The highest BCUT2D eigenvalue weighted by Gasteiger charge is 2.37. The zero-order valence-corrected chi connectivity index (χ0v) is 10.2. The molecular formula is C11H14NO4P. The lowest BCUT2D eigenvalue weighted by Crippen LogP contribution is -2.36. The number of hydrogen-bond acceptors (Lipinski definition) is 3. The number of aliphatic carboxylic acids is 1. The summed E-state index contributed by atoms with van der Waals surface area (Å²) >= 11 is 0. The predicted octanol–water partition coefficient (Wildman–Crippen LogP) is 1.31. The molecule has 0 bridgehead atoms. The van der Waals surface area contributed by atoms with E-state index in [1.54, 1.807) is 24.3 Å². The van der Waals surface area contributed by atoms with Crippen molar-refractivity contribution >= 4 is 18.8 Å². The third-order valence-electron chi connectivity index (χ3n) is 2.60.